The van der Waals surface area contributed by atoms with E-state index in [1.807, 2.05) is 164 Å². The van der Waals surface area contributed by atoms with Gasteiger partial charge in [0.1, 0.15) is 18.1 Å². The lowest BCUT2D eigenvalue weighted by Gasteiger charge is -2.31. The normalized spacial score (nSPS) is 16.5. The Kier molecular flexibility index (Phi) is 24.6. The summed E-state index contributed by atoms with van der Waals surface area (Å²) in [7, 11) is 0. The van der Waals surface area contributed by atoms with E-state index in [1.165, 1.54) is 21.8 Å². The molecule has 9 atom stereocenters. The molecule has 6 N–H and O–H groups in total. The molecule has 4 amide bonds. The molecule has 0 bridgehead atoms. The van der Waals surface area contributed by atoms with Crippen LogP contribution in [0.15, 0.2) is 192 Å². The van der Waals surface area contributed by atoms with Crippen molar-refractivity contribution in [2.24, 2.45) is 17.8 Å². The van der Waals surface area contributed by atoms with Gasteiger partial charge in [-0.25, -0.2) is 9.97 Å². The van der Waals surface area contributed by atoms with Crippen molar-refractivity contribution in [3.8, 4) is 22.3 Å². The Morgan fingerprint density at radius 1 is 0.527 bits per heavy atom. The first-order valence-electron chi connectivity index (χ1n) is 38.7. The summed E-state index contributed by atoms with van der Waals surface area (Å²) in [6, 6.07) is 43.0. The number of amides is 4. The molecule has 1 fully saturated rings. The number of carbonyl (C=O) groups is 7. The van der Waals surface area contributed by atoms with Gasteiger partial charge in [0, 0.05) is 53.8 Å². The molecule has 2 aliphatic heterocycles. The minimum Gasteiger partial charge on any atom is -0.481 e. The number of anilines is 1. The third-order valence-electron chi connectivity index (χ3n) is 21.9. The number of carboxylic acid groups (broad SMARTS) is 3. The summed E-state index contributed by atoms with van der Waals surface area (Å²) in [6.45, 7) is 20.3. The van der Waals surface area contributed by atoms with E-state index >= 15 is 0 Å². The average molecular weight is 1510 g/mol. The minimum atomic E-state index is -1.14. The van der Waals surface area contributed by atoms with E-state index < -0.39 is 95.8 Å². The highest BCUT2D eigenvalue weighted by molar-refractivity contribution is 6.01. The van der Waals surface area contributed by atoms with Gasteiger partial charge in [0.2, 0.25) is 17.7 Å². The number of pyridine rings is 1. The predicted octanol–water partition coefficient (Wildman–Crippen LogP) is 14.6. The van der Waals surface area contributed by atoms with Crippen LogP contribution in [-0.2, 0) is 48.2 Å². The molecule has 1 saturated heterocycles. The Morgan fingerprint density at radius 3 is 1.64 bits per heavy atom. The first-order chi connectivity index (χ1) is 53.6. The number of rotatable bonds is 31. The monoisotopic (exact) mass is 1510 g/mol. The van der Waals surface area contributed by atoms with E-state index in [0.717, 1.165) is 62.2 Å². The number of fused-ring (bicyclic) bond motifs is 3. The van der Waals surface area contributed by atoms with Gasteiger partial charge in [-0.2, -0.15) is 0 Å². The molecule has 0 spiro atoms. The van der Waals surface area contributed by atoms with Gasteiger partial charge in [0.25, 0.3) is 17.0 Å². The van der Waals surface area contributed by atoms with Gasteiger partial charge in [-0.15, -0.1) is 0 Å². The lowest BCUT2D eigenvalue weighted by atomic mass is 9.90. The van der Waals surface area contributed by atoms with Crippen LogP contribution in [0.4, 0.5) is 5.69 Å². The van der Waals surface area contributed by atoms with Crippen LogP contribution in [0.2, 0.25) is 0 Å². The molecule has 2 aliphatic rings. The van der Waals surface area contributed by atoms with Crippen molar-refractivity contribution < 1.29 is 48.9 Å². The quantitative estimate of drug-likeness (QED) is 0.0235. The lowest BCUT2D eigenvalue weighted by Crippen LogP contribution is -2.48. The molecular formula is C90H98N10O12. The highest BCUT2D eigenvalue weighted by Gasteiger charge is 2.40. The maximum Gasteiger partial charge on any atom is 0.305 e. The summed E-state index contributed by atoms with van der Waals surface area (Å²) in [5.41, 5.74) is 11.9. The van der Waals surface area contributed by atoms with Crippen molar-refractivity contribution in [1.82, 2.24) is 44.9 Å². The number of nitrogens with zero attached hydrogens (tertiary/aromatic N) is 7. The molecule has 12 rings (SSSR count). The average Bonchev–Trinajstić information content (AvgIpc) is 1.35. The number of nitrogens with one attached hydrogen (secondary N) is 3. The summed E-state index contributed by atoms with van der Waals surface area (Å²) in [6.07, 6.45) is 7.51. The third-order valence-corrected chi connectivity index (χ3v) is 21.9. The second kappa shape index (κ2) is 34.5. The molecule has 0 aliphatic carbocycles. The number of aliphatic carboxylic acids is 3. The summed E-state index contributed by atoms with van der Waals surface area (Å²) in [5, 5.41) is 40.4. The van der Waals surface area contributed by atoms with Crippen LogP contribution in [0.1, 0.15) is 204 Å². The fourth-order valence-corrected chi connectivity index (χ4v) is 16.5. The molecule has 0 radical (unpaired) electrons. The Balaban J connectivity index is 0.743. The van der Waals surface area contributed by atoms with Gasteiger partial charge in [-0.1, -0.05) is 152 Å². The summed E-state index contributed by atoms with van der Waals surface area (Å²) in [4.78, 5) is 143. The number of benzene rings is 7. The molecule has 5 heterocycles. The highest BCUT2D eigenvalue weighted by Crippen LogP contribution is 2.43. The first kappa shape index (κ1) is 79.6. The Morgan fingerprint density at radius 2 is 1.04 bits per heavy atom. The molecule has 7 aromatic carbocycles. The summed E-state index contributed by atoms with van der Waals surface area (Å²) >= 11 is 0. The molecule has 0 saturated carbocycles. The van der Waals surface area contributed by atoms with E-state index in [0.29, 0.717) is 63.5 Å². The fraction of sp³-hybridized carbons (Fsp3) is 0.356. The van der Waals surface area contributed by atoms with Gasteiger partial charge >= 0.3 is 17.9 Å². The molecule has 22 heteroatoms. The smallest absolute Gasteiger partial charge is 0.305 e. The van der Waals surface area contributed by atoms with E-state index in [-0.39, 0.29) is 72.9 Å². The Bertz CT molecular complexity index is 5360. The number of hydrogen-bond acceptors (Lipinski definition) is 13. The molecule has 112 heavy (non-hydrogen) atoms. The van der Waals surface area contributed by atoms with Crippen LogP contribution in [0, 0.1) is 24.7 Å². The van der Waals surface area contributed by atoms with Crippen LogP contribution in [-0.4, -0.2) is 104 Å². The zero-order valence-corrected chi connectivity index (χ0v) is 65.0. The van der Waals surface area contributed by atoms with Crippen LogP contribution in [0.5, 0.6) is 0 Å². The van der Waals surface area contributed by atoms with Gasteiger partial charge in [-0.05, 0) is 198 Å². The van der Waals surface area contributed by atoms with Crippen molar-refractivity contribution in [3.63, 3.8) is 0 Å². The second-order valence-electron chi connectivity index (χ2n) is 31.4. The molecule has 3 aromatic heterocycles. The van der Waals surface area contributed by atoms with Crippen molar-refractivity contribution >= 4 is 69.0 Å². The number of aromatic nitrogens is 5. The largest absolute Gasteiger partial charge is 0.481 e. The summed E-state index contributed by atoms with van der Waals surface area (Å²) < 4.78 is 2.68. The van der Waals surface area contributed by atoms with E-state index in [1.54, 1.807) is 53.7 Å². The van der Waals surface area contributed by atoms with E-state index in [4.69, 9.17) is 9.97 Å². The van der Waals surface area contributed by atoms with E-state index in [2.05, 4.69) is 52.7 Å². The zero-order chi connectivity index (χ0) is 79.9. The van der Waals surface area contributed by atoms with Crippen LogP contribution < -0.4 is 32.0 Å². The third kappa shape index (κ3) is 17.8. The number of carbonyl (C=O) groups excluding carboxylic acids is 4. The van der Waals surface area contributed by atoms with Gasteiger partial charge < -0.3 is 41.1 Å². The Hall–Kier alpha value is -11.9. The lowest BCUT2D eigenvalue weighted by molar-refractivity contribution is -0.139. The number of aryl methyl sites for hydroxylation is 2. The highest BCUT2D eigenvalue weighted by atomic mass is 16.4. The summed E-state index contributed by atoms with van der Waals surface area (Å²) in [5.74, 6) is -5.26. The molecule has 10 aromatic rings. The minimum absolute atomic E-state index is 0.0202. The predicted molar refractivity (Wildman–Crippen MR) is 432 cm³/mol. The number of carboxylic acids is 3. The van der Waals surface area contributed by atoms with Gasteiger partial charge in [0.15, 0.2) is 0 Å². The van der Waals surface area contributed by atoms with Crippen molar-refractivity contribution in [3.05, 3.63) is 259 Å². The topological polar surface area (TPSA) is 305 Å². The molecule has 3 unspecified atom stereocenters. The van der Waals surface area contributed by atoms with Gasteiger partial charge in [0.05, 0.1) is 71.8 Å². The van der Waals surface area contributed by atoms with Crippen LogP contribution in [0.3, 0.4) is 0 Å². The first-order valence-corrected chi connectivity index (χ1v) is 38.7. The maximum absolute atomic E-state index is 14.9. The van der Waals surface area contributed by atoms with Crippen LogP contribution in [0.25, 0.3) is 44.1 Å². The van der Waals surface area contributed by atoms with E-state index in [9.17, 15) is 58.5 Å². The number of hydrogen-bond donors (Lipinski definition) is 6. The standard InChI is InChI=1S/C90H98N10O12/c1-11-58-20-12-14-27-68(58)59-22-17-23-61(39-59)73(43-81(101)102)94-86(108)79(34-52(4)5)99-50-93-77-42-60(30-32-71(77)90(99)112)72-36-55(9)100(56(72)10)67-26-18-24-62(41-67)74(44-82(103)104)95-87(109)80(35-53(6)7)98-49-92-76-38-57(29-31-70(76)89(98)111)37-63-25-16-19-54(8)84(63)66-40-65(46-91-47-66)75(45-83(105)106)96-85(107)78(33-51(2)3)97-48-64-21-13-15-28-69(64)88(97)110/h12-32,38-42,46-47,49-53,55-56,72-75,78-80H,11,33-37,43-45,48H2,1-10H3,(H,94,108)(H,95,109)(H,96,107)(H,101,102)(H,103,104)(H,105,106)/t55?,56?,72?,73-,74-,75-,78+,79-,80-/m0/s1. The molecular weight excluding hydrogens is 1410 g/mol. The van der Waals surface area contributed by atoms with Crippen molar-refractivity contribution in [2.45, 2.75) is 188 Å². The van der Waals surface area contributed by atoms with Crippen LogP contribution >= 0.6 is 0 Å². The second-order valence-corrected chi connectivity index (χ2v) is 31.4. The Labute approximate surface area is 651 Å². The molecule has 580 valence electrons. The van der Waals surface area contributed by atoms with Crippen molar-refractivity contribution in [2.75, 3.05) is 4.90 Å². The molecule has 22 nitrogen and oxygen atoms in total. The van der Waals surface area contributed by atoms with Gasteiger partial charge in [-0.3, -0.25) is 57.3 Å². The zero-order valence-electron chi connectivity index (χ0n) is 65.0. The SMILES string of the molecule is CCc1ccccc1-c1cccc([C@H](CC(=O)O)NC(=O)[C@H](CC(C)C)n2cnc3cc(C4CC(C)N(c5cccc([C@H](CC(=O)O)NC(=O)[C@H](CC(C)C)n6cnc7cc(Cc8cccc(C)c8-c8cncc([C@H](CC(=O)O)NC(=O)[C@@H](CC(C)C)N9Cc%10ccccc%10C9=O)c8)ccc7c6=O)c5)C4C)ccc3c2=O)c1. The maximum atomic E-state index is 14.9. The van der Waals surface area contributed by atoms with Crippen molar-refractivity contribution in [1.29, 1.82) is 0 Å². The fourth-order valence-electron chi connectivity index (χ4n) is 16.5.